The summed E-state index contributed by atoms with van der Waals surface area (Å²) in [6.07, 6.45) is 1.18. The molecule has 3 heterocycles. The summed E-state index contributed by atoms with van der Waals surface area (Å²) in [6.45, 7) is 0.426. The zero-order valence-electron chi connectivity index (χ0n) is 16.5. The topological polar surface area (TPSA) is 97.0 Å². The van der Waals surface area contributed by atoms with Crippen LogP contribution in [0.4, 0.5) is 24.1 Å². The Hall–Kier alpha value is -2.89. The maximum atomic E-state index is 15.7. The van der Waals surface area contributed by atoms with Crippen molar-refractivity contribution in [3.8, 4) is 11.1 Å². The third kappa shape index (κ3) is 3.69. The van der Waals surface area contributed by atoms with E-state index >= 15 is 4.39 Å². The molecule has 3 N–H and O–H groups in total. The van der Waals surface area contributed by atoms with Gasteiger partial charge in [-0.05, 0) is 18.2 Å². The van der Waals surface area contributed by atoms with Crippen molar-refractivity contribution >= 4 is 72.5 Å². The number of fused-ring (bicyclic) bond motifs is 2. The van der Waals surface area contributed by atoms with E-state index in [4.69, 9.17) is 28.9 Å². The number of aromatic nitrogens is 3. The Bertz CT molecular complexity index is 1430. The lowest BCUT2D eigenvalue weighted by molar-refractivity contribution is -0.137. The lowest BCUT2D eigenvalue weighted by Crippen LogP contribution is -2.58. The summed E-state index contributed by atoms with van der Waals surface area (Å²) in [5.41, 5.74) is 4.13. The Morgan fingerprint density at radius 2 is 2.03 bits per heavy atom. The highest BCUT2D eigenvalue weighted by Crippen LogP contribution is 2.41. The van der Waals surface area contributed by atoms with Crippen LogP contribution in [0.15, 0.2) is 24.5 Å². The Morgan fingerprint density at radius 1 is 1.27 bits per heavy atom. The second-order valence-corrected chi connectivity index (χ2v) is 9.20. The van der Waals surface area contributed by atoms with Gasteiger partial charge < -0.3 is 16.0 Å². The number of hydrogen-bond acceptors (Lipinski definition) is 7. The lowest BCUT2D eigenvalue weighted by atomic mass is 10.0. The lowest BCUT2D eigenvalue weighted by Gasteiger charge is -2.39. The molecule has 1 unspecified atom stereocenters. The van der Waals surface area contributed by atoms with Crippen LogP contribution < -0.4 is 11.1 Å². The van der Waals surface area contributed by atoms with Crippen molar-refractivity contribution in [2.45, 2.75) is 11.7 Å². The number of alkyl halides is 2. The number of thiazole rings is 1. The molecule has 0 spiro atoms. The third-order valence-electron chi connectivity index (χ3n) is 5.32. The highest BCUT2D eigenvalue weighted by molar-refractivity contribution is 7.22. The molecule has 1 saturated heterocycles. The van der Waals surface area contributed by atoms with Crippen LogP contribution in [0.2, 0.25) is 5.02 Å². The maximum absolute atomic E-state index is 15.7. The molecule has 2 aromatic heterocycles. The van der Waals surface area contributed by atoms with Gasteiger partial charge in [-0.3, -0.25) is 4.79 Å². The van der Waals surface area contributed by atoms with Gasteiger partial charge in [0, 0.05) is 29.6 Å². The van der Waals surface area contributed by atoms with Crippen LogP contribution >= 0.6 is 34.5 Å². The highest BCUT2D eigenvalue weighted by atomic mass is 35.5. The van der Waals surface area contributed by atoms with Crippen molar-refractivity contribution in [2.24, 2.45) is 0 Å². The number of likely N-dealkylation sites (tertiary alicyclic amines) is 1. The predicted octanol–water partition coefficient (Wildman–Crippen LogP) is 4.58. The van der Waals surface area contributed by atoms with Crippen molar-refractivity contribution in [2.75, 3.05) is 24.1 Å². The molecule has 1 atom stereocenters. The maximum Gasteiger partial charge on any atom is 0.272 e. The molecule has 13 heteroatoms. The van der Waals surface area contributed by atoms with Gasteiger partial charge in [-0.2, -0.15) is 0 Å². The molecular formula is C20H13Cl2F3N6OS. The van der Waals surface area contributed by atoms with Crippen molar-refractivity contribution in [1.82, 2.24) is 19.9 Å². The largest absolute Gasteiger partial charge is 0.375 e. The van der Waals surface area contributed by atoms with E-state index in [0.29, 0.717) is 11.2 Å². The van der Waals surface area contributed by atoms with E-state index in [1.807, 2.05) is 0 Å². The number of nitrogen functional groups attached to an aromatic ring is 1. The Labute approximate surface area is 198 Å². The Kier molecular flexibility index (Phi) is 5.42. The number of rotatable bonds is 4. The van der Waals surface area contributed by atoms with Gasteiger partial charge in [-0.15, -0.1) is 0 Å². The van der Waals surface area contributed by atoms with Gasteiger partial charge in [0.25, 0.3) is 11.5 Å². The normalized spacial score (nSPS) is 15.1. The third-order valence-corrected chi connectivity index (χ3v) is 6.70. The monoisotopic (exact) mass is 512 g/mol. The number of halogens is 5. The minimum Gasteiger partial charge on any atom is -0.375 e. The van der Waals surface area contributed by atoms with E-state index in [2.05, 4.69) is 20.3 Å². The number of nitrogens with zero attached hydrogens (tertiary/aromatic N) is 4. The van der Waals surface area contributed by atoms with Crippen LogP contribution in [0.25, 0.3) is 32.2 Å². The fourth-order valence-corrected chi connectivity index (χ4v) is 4.96. The fraction of sp³-hybridized carbons (Fsp3) is 0.200. The van der Waals surface area contributed by atoms with Gasteiger partial charge in [0.2, 0.25) is 0 Å². The number of hydrogen-bond donors (Lipinski definition) is 2. The molecule has 1 aliphatic rings. The molecule has 0 bridgehead atoms. The zero-order chi connectivity index (χ0) is 23.4. The second-order valence-electron chi connectivity index (χ2n) is 7.38. The first-order chi connectivity index (χ1) is 15.7. The molecule has 0 radical (unpaired) electrons. The van der Waals surface area contributed by atoms with E-state index in [-0.39, 0.29) is 56.1 Å². The molecule has 1 fully saturated rings. The SMILES string of the molecule is Nc1nc2c(-c3c(Cl)cc4c(NC5CN(C(=O)C(F)Cl)C5)ncnc4c3F)ccc(F)c2s1. The molecular weight excluding hydrogens is 500 g/mol. The predicted molar refractivity (Wildman–Crippen MR) is 122 cm³/mol. The van der Waals surface area contributed by atoms with E-state index in [1.54, 1.807) is 0 Å². The van der Waals surface area contributed by atoms with E-state index in [1.165, 1.54) is 29.4 Å². The summed E-state index contributed by atoms with van der Waals surface area (Å²) in [7, 11) is 0. The molecule has 33 heavy (non-hydrogen) atoms. The van der Waals surface area contributed by atoms with Crippen molar-refractivity contribution in [3.05, 3.63) is 41.2 Å². The van der Waals surface area contributed by atoms with Crippen molar-refractivity contribution in [3.63, 3.8) is 0 Å². The smallest absolute Gasteiger partial charge is 0.272 e. The van der Waals surface area contributed by atoms with Gasteiger partial charge in [0.1, 0.15) is 23.5 Å². The quantitative estimate of drug-likeness (QED) is 0.388. The fourth-order valence-electron chi connectivity index (χ4n) is 3.77. The first kappa shape index (κ1) is 21.9. The van der Waals surface area contributed by atoms with Crippen LogP contribution in [0, 0.1) is 11.6 Å². The van der Waals surface area contributed by atoms with Crippen LogP contribution in [0.5, 0.6) is 0 Å². The Morgan fingerprint density at radius 3 is 2.76 bits per heavy atom. The second kappa shape index (κ2) is 8.15. The minimum absolute atomic E-state index is 0.00980. The van der Waals surface area contributed by atoms with Crippen molar-refractivity contribution < 1.29 is 18.0 Å². The van der Waals surface area contributed by atoms with E-state index in [9.17, 15) is 13.6 Å². The summed E-state index contributed by atoms with van der Waals surface area (Å²) in [4.78, 5) is 25.2. The summed E-state index contributed by atoms with van der Waals surface area (Å²) in [6, 6.07) is 3.86. The highest BCUT2D eigenvalue weighted by Gasteiger charge is 2.34. The van der Waals surface area contributed by atoms with Gasteiger partial charge >= 0.3 is 0 Å². The number of anilines is 2. The van der Waals surface area contributed by atoms with Crippen LogP contribution in [0.3, 0.4) is 0 Å². The van der Waals surface area contributed by atoms with Gasteiger partial charge in [0.15, 0.2) is 10.9 Å². The molecule has 5 rings (SSSR count). The van der Waals surface area contributed by atoms with Crippen LogP contribution in [-0.2, 0) is 4.79 Å². The first-order valence-corrected chi connectivity index (χ1v) is 11.2. The van der Waals surface area contributed by atoms with E-state index in [0.717, 1.165) is 11.3 Å². The number of nitrogens with two attached hydrogens (primary N) is 1. The molecule has 2 aromatic carbocycles. The summed E-state index contributed by atoms with van der Waals surface area (Å²) in [5.74, 6) is -1.76. The zero-order valence-corrected chi connectivity index (χ0v) is 18.8. The van der Waals surface area contributed by atoms with Crippen molar-refractivity contribution in [1.29, 1.82) is 0 Å². The molecule has 0 saturated carbocycles. The summed E-state index contributed by atoms with van der Waals surface area (Å²) in [5, 5.41) is 3.59. The minimum atomic E-state index is -2.09. The summed E-state index contributed by atoms with van der Waals surface area (Å²) >= 11 is 12.6. The van der Waals surface area contributed by atoms with E-state index < -0.39 is 23.2 Å². The number of carbonyl (C=O) groups is 1. The standard InChI is InChI=1S/C20H13Cl2F3N6OS/c21-10-3-9-14(27-6-28-18(9)29-7-4-31(5-7)19(32)17(22)25)13(24)12(10)8-1-2-11(23)16-15(8)30-20(26)33-16/h1-3,6-7,17H,4-5H2,(H2,26,30)(H,27,28,29). The molecule has 0 aliphatic carbocycles. The number of amides is 1. The number of carbonyl (C=O) groups excluding carboxylic acids is 1. The Balaban J connectivity index is 1.54. The average Bonchev–Trinajstić information content (AvgIpc) is 3.14. The average molecular weight is 513 g/mol. The first-order valence-electron chi connectivity index (χ1n) is 9.55. The van der Waals surface area contributed by atoms with Crippen LogP contribution in [-0.4, -0.2) is 50.5 Å². The summed E-state index contributed by atoms with van der Waals surface area (Å²) < 4.78 is 43.0. The van der Waals surface area contributed by atoms with Crippen LogP contribution in [0.1, 0.15) is 0 Å². The molecule has 4 aromatic rings. The van der Waals surface area contributed by atoms with Gasteiger partial charge in [-0.1, -0.05) is 34.5 Å². The molecule has 7 nitrogen and oxygen atoms in total. The molecule has 1 amide bonds. The number of benzene rings is 2. The molecule has 170 valence electrons. The van der Waals surface area contributed by atoms with Gasteiger partial charge in [0.05, 0.1) is 21.3 Å². The number of nitrogens with one attached hydrogen (secondary N) is 1. The van der Waals surface area contributed by atoms with Gasteiger partial charge in [-0.25, -0.2) is 28.1 Å². The molecule has 1 aliphatic heterocycles.